The second kappa shape index (κ2) is 5.77. The van der Waals surface area contributed by atoms with Gasteiger partial charge in [0.05, 0.1) is 0 Å². The van der Waals surface area contributed by atoms with Crippen LogP contribution in [-0.4, -0.2) is 18.0 Å². The molecular formula is C18H9F9. The second-order valence-corrected chi connectivity index (χ2v) is 5.91. The van der Waals surface area contributed by atoms with E-state index in [4.69, 9.17) is 0 Å². The first-order chi connectivity index (χ1) is 12.3. The summed E-state index contributed by atoms with van der Waals surface area (Å²) in [5.41, 5.74) is -1.61. The van der Waals surface area contributed by atoms with Crippen molar-refractivity contribution in [2.45, 2.75) is 23.9 Å². The molecule has 0 heterocycles. The van der Waals surface area contributed by atoms with Crippen molar-refractivity contribution in [3.8, 4) is 0 Å². The quantitative estimate of drug-likeness (QED) is 0.333. The van der Waals surface area contributed by atoms with Crippen molar-refractivity contribution in [1.29, 1.82) is 0 Å². The fourth-order valence-electron chi connectivity index (χ4n) is 2.86. The molecule has 0 nitrogen and oxygen atoms in total. The SMILES string of the molecule is FC(F)(F)C(F)(F)C(F)(F)C(F)(F)c1cc2ccccc2c2ccccc12. The fourth-order valence-corrected chi connectivity index (χ4v) is 2.86. The maximum absolute atomic E-state index is 14.5. The first kappa shape index (κ1) is 19.3. The molecule has 3 aromatic carbocycles. The predicted octanol–water partition coefficient (Wildman–Crippen LogP) is 6.92. The van der Waals surface area contributed by atoms with Crippen LogP contribution in [0.3, 0.4) is 0 Å². The molecular weight excluding hydrogens is 387 g/mol. The average molecular weight is 396 g/mol. The van der Waals surface area contributed by atoms with E-state index in [1.807, 2.05) is 0 Å². The summed E-state index contributed by atoms with van der Waals surface area (Å²) in [5.74, 6) is -19.4. The van der Waals surface area contributed by atoms with Crippen molar-refractivity contribution >= 4 is 21.5 Å². The molecule has 9 heteroatoms. The number of rotatable bonds is 3. The smallest absolute Gasteiger partial charge is 0.194 e. The molecule has 0 atom stereocenters. The molecule has 0 radical (unpaired) electrons. The molecule has 3 aromatic rings. The summed E-state index contributed by atoms with van der Waals surface area (Å²) in [5, 5.41) is -0.161. The number of hydrogen-bond acceptors (Lipinski definition) is 0. The van der Waals surface area contributed by atoms with Gasteiger partial charge in [0.25, 0.3) is 0 Å². The van der Waals surface area contributed by atoms with Crippen molar-refractivity contribution in [2.24, 2.45) is 0 Å². The van der Waals surface area contributed by atoms with Crippen LogP contribution in [0.25, 0.3) is 21.5 Å². The van der Waals surface area contributed by atoms with Crippen molar-refractivity contribution < 1.29 is 39.5 Å². The van der Waals surface area contributed by atoms with Crippen LogP contribution in [0.1, 0.15) is 5.56 Å². The van der Waals surface area contributed by atoms with Crippen LogP contribution >= 0.6 is 0 Å². The minimum atomic E-state index is -6.93. The molecule has 0 saturated carbocycles. The molecule has 0 bridgehead atoms. The van der Waals surface area contributed by atoms with E-state index < -0.39 is 34.9 Å². The molecule has 0 amide bonds. The summed E-state index contributed by atoms with van der Waals surface area (Å²) in [6.45, 7) is 0. The van der Waals surface area contributed by atoms with E-state index in [0.717, 1.165) is 6.07 Å². The largest absolute Gasteiger partial charge is 0.460 e. The highest BCUT2D eigenvalue weighted by molar-refractivity contribution is 6.09. The van der Waals surface area contributed by atoms with Crippen molar-refractivity contribution in [3.63, 3.8) is 0 Å². The Morgan fingerprint density at radius 2 is 1.00 bits per heavy atom. The van der Waals surface area contributed by atoms with Crippen LogP contribution < -0.4 is 0 Å². The molecule has 0 fully saturated rings. The molecule has 0 aromatic heterocycles. The molecule has 0 N–H and O–H groups in total. The third-order valence-electron chi connectivity index (χ3n) is 4.25. The van der Waals surface area contributed by atoms with Crippen LogP contribution in [0.2, 0.25) is 0 Å². The number of alkyl halides is 9. The lowest BCUT2D eigenvalue weighted by Gasteiger charge is -2.34. The zero-order chi connectivity index (χ0) is 20.3. The summed E-state index contributed by atoms with van der Waals surface area (Å²) in [6.07, 6.45) is -6.85. The van der Waals surface area contributed by atoms with Gasteiger partial charge in [0.2, 0.25) is 0 Å². The molecule has 3 rings (SSSR count). The molecule has 0 aliphatic heterocycles. The van der Waals surface area contributed by atoms with Gasteiger partial charge in [0.15, 0.2) is 0 Å². The summed E-state index contributed by atoms with van der Waals surface area (Å²) in [6, 6.07) is 11.0. The topological polar surface area (TPSA) is 0 Å². The van der Waals surface area contributed by atoms with Gasteiger partial charge in [-0.3, -0.25) is 0 Å². The Morgan fingerprint density at radius 3 is 1.56 bits per heavy atom. The van der Waals surface area contributed by atoms with E-state index in [2.05, 4.69) is 0 Å². The number of halogens is 9. The molecule has 144 valence electrons. The summed E-state index contributed by atoms with van der Waals surface area (Å²) >= 11 is 0. The van der Waals surface area contributed by atoms with Crippen molar-refractivity contribution in [1.82, 2.24) is 0 Å². The monoisotopic (exact) mass is 396 g/mol. The van der Waals surface area contributed by atoms with Gasteiger partial charge in [-0.25, -0.2) is 0 Å². The first-order valence-electron chi connectivity index (χ1n) is 7.43. The van der Waals surface area contributed by atoms with Gasteiger partial charge in [-0.2, -0.15) is 39.5 Å². The summed E-state index contributed by atoms with van der Waals surface area (Å²) in [7, 11) is 0. The van der Waals surface area contributed by atoms with Crippen LogP contribution in [0.4, 0.5) is 39.5 Å². The number of benzene rings is 3. The Balaban J connectivity index is 2.35. The minimum absolute atomic E-state index is 0.00278. The zero-order valence-corrected chi connectivity index (χ0v) is 13.1. The zero-order valence-electron chi connectivity index (χ0n) is 13.1. The van der Waals surface area contributed by atoms with Gasteiger partial charge in [0, 0.05) is 5.56 Å². The Bertz CT molecular complexity index is 1000. The molecule has 0 spiro atoms. The van der Waals surface area contributed by atoms with Crippen molar-refractivity contribution in [2.75, 3.05) is 0 Å². The Hall–Kier alpha value is -2.45. The maximum Gasteiger partial charge on any atom is 0.460 e. The average Bonchev–Trinajstić information content (AvgIpc) is 2.59. The van der Waals surface area contributed by atoms with E-state index in [-0.39, 0.29) is 10.8 Å². The molecule has 0 aliphatic rings. The van der Waals surface area contributed by atoms with E-state index in [1.165, 1.54) is 36.4 Å². The highest BCUT2D eigenvalue weighted by Gasteiger charge is 2.82. The van der Waals surface area contributed by atoms with Gasteiger partial charge in [0.1, 0.15) is 0 Å². The second-order valence-electron chi connectivity index (χ2n) is 5.91. The van der Waals surface area contributed by atoms with E-state index in [9.17, 15) is 39.5 Å². The fraction of sp³-hybridized carbons (Fsp3) is 0.222. The van der Waals surface area contributed by atoms with Crippen LogP contribution in [0.15, 0.2) is 54.6 Å². The van der Waals surface area contributed by atoms with E-state index in [0.29, 0.717) is 11.5 Å². The highest BCUT2D eigenvalue weighted by Crippen LogP contribution is 2.57. The number of hydrogen-bond donors (Lipinski definition) is 0. The highest BCUT2D eigenvalue weighted by atomic mass is 19.4. The molecule has 0 aliphatic carbocycles. The van der Waals surface area contributed by atoms with Crippen molar-refractivity contribution in [3.05, 3.63) is 60.2 Å². The van der Waals surface area contributed by atoms with Gasteiger partial charge in [-0.05, 0) is 27.6 Å². The van der Waals surface area contributed by atoms with Gasteiger partial charge >= 0.3 is 23.9 Å². The Morgan fingerprint density at radius 1 is 0.519 bits per heavy atom. The van der Waals surface area contributed by atoms with Crippen LogP contribution in [-0.2, 0) is 5.92 Å². The lowest BCUT2D eigenvalue weighted by Crippen LogP contribution is -2.59. The van der Waals surface area contributed by atoms with Crippen LogP contribution in [0.5, 0.6) is 0 Å². The lowest BCUT2D eigenvalue weighted by atomic mass is 9.89. The van der Waals surface area contributed by atoms with E-state index >= 15 is 0 Å². The third-order valence-corrected chi connectivity index (χ3v) is 4.25. The van der Waals surface area contributed by atoms with Crippen LogP contribution in [0, 0.1) is 0 Å². The molecule has 0 unspecified atom stereocenters. The predicted molar refractivity (Wildman–Crippen MR) is 81.3 cm³/mol. The lowest BCUT2D eigenvalue weighted by molar-refractivity contribution is -0.399. The first-order valence-corrected chi connectivity index (χ1v) is 7.43. The van der Waals surface area contributed by atoms with Gasteiger partial charge in [-0.1, -0.05) is 48.5 Å². The summed E-state index contributed by atoms with van der Waals surface area (Å²) in [4.78, 5) is 0. The summed E-state index contributed by atoms with van der Waals surface area (Å²) < 4.78 is 120. The third kappa shape index (κ3) is 2.62. The molecule has 27 heavy (non-hydrogen) atoms. The normalized spacial score (nSPS) is 14.1. The standard InChI is InChI=1S/C18H9F9/c19-15(20,16(21,22)17(23,24)18(25,26)27)14-9-10-5-1-2-6-11(10)12-7-3-4-8-13(12)14/h1-9H. The van der Waals surface area contributed by atoms with E-state index in [1.54, 1.807) is 6.07 Å². The molecule has 0 saturated heterocycles. The Labute approximate surface area is 146 Å². The minimum Gasteiger partial charge on any atom is -0.194 e. The Kier molecular flexibility index (Phi) is 4.13. The van der Waals surface area contributed by atoms with Gasteiger partial charge < -0.3 is 0 Å². The number of fused-ring (bicyclic) bond motifs is 3. The van der Waals surface area contributed by atoms with Gasteiger partial charge in [-0.15, -0.1) is 0 Å². The maximum atomic E-state index is 14.5.